The first-order valence-corrected chi connectivity index (χ1v) is 9.88. The topological polar surface area (TPSA) is 123 Å². The van der Waals surface area contributed by atoms with Gasteiger partial charge in [-0.2, -0.15) is 0 Å². The normalized spacial score (nSPS) is 13.3. The van der Waals surface area contributed by atoms with Crippen LogP contribution in [0, 0.1) is 0 Å². The highest BCUT2D eigenvalue weighted by Crippen LogP contribution is 2.37. The molecule has 1 aliphatic heterocycles. The van der Waals surface area contributed by atoms with E-state index < -0.39 is 23.8 Å². The summed E-state index contributed by atoms with van der Waals surface area (Å²) in [6.45, 7) is -0.301. The Labute approximate surface area is 189 Å². The fourth-order valence-electron chi connectivity index (χ4n) is 2.60. The van der Waals surface area contributed by atoms with Crippen molar-refractivity contribution in [3.8, 4) is 11.5 Å². The number of carbonyl (C=O) groups excluding carboxylic acids is 4. The maximum Gasteiger partial charge on any atom is 0.328 e. The third-order valence-corrected chi connectivity index (χ3v) is 4.82. The lowest BCUT2D eigenvalue weighted by molar-refractivity contribution is -0.124. The summed E-state index contributed by atoms with van der Waals surface area (Å²) in [6, 6.07) is 8.81. The lowest BCUT2D eigenvalue weighted by Crippen LogP contribution is -2.51. The van der Waals surface area contributed by atoms with Crippen LogP contribution in [0.4, 0.5) is 10.5 Å². The van der Waals surface area contributed by atoms with Gasteiger partial charge in [0, 0.05) is 10.7 Å². The minimum absolute atomic E-state index is 0.246. The number of halogens is 2. The molecule has 0 spiro atoms. The van der Waals surface area contributed by atoms with Crippen LogP contribution in [0.2, 0.25) is 5.02 Å². The first-order chi connectivity index (χ1) is 14.8. The molecule has 0 unspecified atom stereocenters. The Morgan fingerprint density at radius 2 is 1.77 bits per heavy atom. The van der Waals surface area contributed by atoms with Crippen LogP contribution < -0.4 is 25.4 Å². The van der Waals surface area contributed by atoms with Gasteiger partial charge in [0.25, 0.3) is 17.7 Å². The van der Waals surface area contributed by atoms with Gasteiger partial charge in [-0.05, 0) is 64.0 Å². The molecule has 1 saturated heterocycles. The molecule has 0 bridgehead atoms. The molecule has 31 heavy (non-hydrogen) atoms. The SMILES string of the molecule is COc1cc(C=C2C(=O)NC(=O)NC2=O)cc(Br)c1OCC(=O)Nc1ccc(Cl)cc1. The van der Waals surface area contributed by atoms with Gasteiger partial charge in [0.05, 0.1) is 11.6 Å². The van der Waals surface area contributed by atoms with Gasteiger partial charge < -0.3 is 14.8 Å². The fraction of sp³-hybridized carbons (Fsp3) is 0.100. The molecular formula is C20H15BrClN3O6. The van der Waals surface area contributed by atoms with E-state index in [1.54, 1.807) is 30.3 Å². The van der Waals surface area contributed by atoms with Crippen LogP contribution in [0.5, 0.6) is 11.5 Å². The standard InChI is InChI=1S/C20H15BrClN3O6/c1-30-15-8-10(6-13-18(27)24-20(29)25-19(13)28)7-14(21)17(15)31-9-16(26)23-12-4-2-11(22)3-5-12/h2-8H,9H2,1H3,(H,23,26)(H2,24,25,27,28,29). The Hall–Kier alpha value is -3.37. The number of imide groups is 2. The first kappa shape index (κ1) is 22.3. The van der Waals surface area contributed by atoms with Gasteiger partial charge in [0.2, 0.25) is 0 Å². The van der Waals surface area contributed by atoms with Crippen molar-refractivity contribution in [1.29, 1.82) is 0 Å². The highest BCUT2D eigenvalue weighted by atomic mass is 79.9. The summed E-state index contributed by atoms with van der Waals surface area (Å²) < 4.78 is 11.3. The van der Waals surface area contributed by atoms with Gasteiger partial charge >= 0.3 is 6.03 Å². The monoisotopic (exact) mass is 507 g/mol. The molecule has 0 aromatic heterocycles. The fourth-order valence-corrected chi connectivity index (χ4v) is 3.30. The number of anilines is 1. The number of hydrogen-bond donors (Lipinski definition) is 3. The van der Waals surface area contributed by atoms with E-state index in [4.69, 9.17) is 21.1 Å². The average Bonchev–Trinajstić information content (AvgIpc) is 2.71. The summed E-state index contributed by atoms with van der Waals surface area (Å²) in [5, 5.41) is 7.21. The van der Waals surface area contributed by atoms with Crippen molar-refractivity contribution >= 4 is 63.0 Å². The van der Waals surface area contributed by atoms with E-state index in [2.05, 4.69) is 21.2 Å². The van der Waals surface area contributed by atoms with E-state index in [0.717, 1.165) is 0 Å². The second kappa shape index (κ2) is 9.63. The van der Waals surface area contributed by atoms with Crippen LogP contribution in [-0.4, -0.2) is 37.5 Å². The number of rotatable bonds is 6. The first-order valence-electron chi connectivity index (χ1n) is 8.71. The van der Waals surface area contributed by atoms with Crippen LogP contribution in [0.3, 0.4) is 0 Å². The number of barbiturate groups is 1. The smallest absolute Gasteiger partial charge is 0.328 e. The molecule has 3 N–H and O–H groups in total. The molecule has 9 nitrogen and oxygen atoms in total. The van der Waals surface area contributed by atoms with Crippen LogP contribution in [0.1, 0.15) is 5.56 Å². The quantitative estimate of drug-likeness (QED) is 0.407. The summed E-state index contributed by atoms with van der Waals surface area (Å²) >= 11 is 9.15. The molecule has 2 aromatic carbocycles. The number of nitrogens with one attached hydrogen (secondary N) is 3. The van der Waals surface area contributed by atoms with Gasteiger partial charge in [-0.15, -0.1) is 0 Å². The van der Waals surface area contributed by atoms with Crippen molar-refractivity contribution in [2.75, 3.05) is 19.0 Å². The number of amides is 5. The van der Waals surface area contributed by atoms with Gasteiger partial charge in [-0.25, -0.2) is 4.79 Å². The molecule has 1 fully saturated rings. The van der Waals surface area contributed by atoms with Crippen molar-refractivity contribution in [2.24, 2.45) is 0 Å². The molecule has 0 saturated carbocycles. The molecule has 0 radical (unpaired) electrons. The van der Waals surface area contributed by atoms with E-state index in [0.29, 0.717) is 20.7 Å². The highest BCUT2D eigenvalue weighted by Gasteiger charge is 2.28. The minimum Gasteiger partial charge on any atom is -0.493 e. The van der Waals surface area contributed by atoms with E-state index in [1.165, 1.54) is 19.3 Å². The van der Waals surface area contributed by atoms with Gasteiger partial charge in [0.1, 0.15) is 5.57 Å². The van der Waals surface area contributed by atoms with Gasteiger partial charge in [-0.1, -0.05) is 11.6 Å². The van der Waals surface area contributed by atoms with Crippen molar-refractivity contribution < 1.29 is 28.7 Å². The number of carbonyl (C=O) groups is 4. The summed E-state index contributed by atoms with van der Waals surface area (Å²) in [7, 11) is 1.40. The molecule has 160 valence electrons. The zero-order chi connectivity index (χ0) is 22.5. The molecule has 3 rings (SSSR count). The lowest BCUT2D eigenvalue weighted by atomic mass is 10.1. The van der Waals surface area contributed by atoms with Crippen LogP contribution in [0.15, 0.2) is 46.4 Å². The van der Waals surface area contributed by atoms with Crippen LogP contribution >= 0.6 is 27.5 Å². The van der Waals surface area contributed by atoms with Gasteiger partial charge in [0.15, 0.2) is 18.1 Å². The van der Waals surface area contributed by atoms with Gasteiger partial charge in [-0.3, -0.25) is 25.0 Å². The zero-order valence-electron chi connectivity index (χ0n) is 16.0. The largest absolute Gasteiger partial charge is 0.493 e. The average molecular weight is 509 g/mol. The number of benzene rings is 2. The molecule has 0 atom stereocenters. The second-order valence-electron chi connectivity index (χ2n) is 6.17. The summed E-state index contributed by atoms with van der Waals surface area (Å²) in [6.07, 6.45) is 1.29. The summed E-state index contributed by atoms with van der Waals surface area (Å²) in [4.78, 5) is 47.1. The van der Waals surface area contributed by atoms with E-state index in [1.807, 2.05) is 10.6 Å². The molecule has 1 aliphatic rings. The molecule has 0 aliphatic carbocycles. The Balaban J connectivity index is 1.75. The van der Waals surface area contributed by atoms with E-state index in [-0.39, 0.29) is 23.7 Å². The van der Waals surface area contributed by atoms with E-state index >= 15 is 0 Å². The predicted molar refractivity (Wildman–Crippen MR) is 116 cm³/mol. The molecule has 2 aromatic rings. The molecule has 1 heterocycles. The summed E-state index contributed by atoms with van der Waals surface area (Å²) in [5.41, 5.74) is 0.745. The van der Waals surface area contributed by atoms with Crippen molar-refractivity contribution in [3.05, 3.63) is 57.0 Å². The van der Waals surface area contributed by atoms with Crippen molar-refractivity contribution in [3.63, 3.8) is 0 Å². The van der Waals surface area contributed by atoms with Crippen LogP contribution in [-0.2, 0) is 14.4 Å². The Morgan fingerprint density at radius 1 is 1.13 bits per heavy atom. The summed E-state index contributed by atoms with van der Waals surface area (Å²) in [5.74, 6) is -1.52. The highest BCUT2D eigenvalue weighted by molar-refractivity contribution is 9.10. The molecular weight excluding hydrogens is 494 g/mol. The third kappa shape index (κ3) is 5.62. The number of ether oxygens (including phenoxy) is 2. The minimum atomic E-state index is -0.883. The van der Waals surface area contributed by atoms with Crippen molar-refractivity contribution in [1.82, 2.24) is 10.6 Å². The second-order valence-corrected chi connectivity index (χ2v) is 7.46. The lowest BCUT2D eigenvalue weighted by Gasteiger charge is -2.15. The number of methoxy groups -OCH3 is 1. The maximum absolute atomic E-state index is 12.2. The zero-order valence-corrected chi connectivity index (χ0v) is 18.3. The maximum atomic E-state index is 12.2. The Kier molecular flexibility index (Phi) is 6.93. The number of hydrogen-bond acceptors (Lipinski definition) is 6. The Bertz CT molecular complexity index is 1080. The van der Waals surface area contributed by atoms with E-state index in [9.17, 15) is 19.2 Å². The van der Waals surface area contributed by atoms with Crippen molar-refractivity contribution in [2.45, 2.75) is 0 Å². The number of urea groups is 1. The Morgan fingerprint density at radius 3 is 2.39 bits per heavy atom. The third-order valence-electron chi connectivity index (χ3n) is 3.98. The molecule has 11 heteroatoms. The van der Waals surface area contributed by atoms with Crippen LogP contribution in [0.25, 0.3) is 6.08 Å². The molecule has 5 amide bonds. The predicted octanol–water partition coefficient (Wildman–Crippen LogP) is 2.88.